The van der Waals surface area contributed by atoms with E-state index in [1.807, 2.05) is 51.1 Å². The van der Waals surface area contributed by atoms with Crippen molar-refractivity contribution in [1.82, 2.24) is 24.3 Å². The van der Waals surface area contributed by atoms with Crippen molar-refractivity contribution in [3.8, 4) is 28.3 Å². The molecule has 3 unspecified atom stereocenters. The Morgan fingerprint density at radius 1 is 1.12 bits per heavy atom. The van der Waals surface area contributed by atoms with Gasteiger partial charge in [0.2, 0.25) is 11.8 Å². The lowest BCUT2D eigenvalue weighted by Crippen LogP contribution is -2.49. The molecule has 4 aromatic rings. The van der Waals surface area contributed by atoms with Crippen LogP contribution in [-0.4, -0.2) is 56.6 Å². The number of hydrogen-bond donors (Lipinski definition) is 2. The van der Waals surface area contributed by atoms with Crippen LogP contribution in [0.3, 0.4) is 0 Å². The number of fused-ring (bicyclic) bond motifs is 1. The van der Waals surface area contributed by atoms with Crippen LogP contribution in [0.15, 0.2) is 58.3 Å². The molecule has 6 rings (SSSR count). The number of carbonyl (C=O) groups is 2. The summed E-state index contributed by atoms with van der Waals surface area (Å²) in [6, 6.07) is 13.5. The van der Waals surface area contributed by atoms with Gasteiger partial charge in [0.25, 0.3) is 11.5 Å². The summed E-state index contributed by atoms with van der Waals surface area (Å²) in [5.74, 6) is 0.0549. The molecule has 0 bridgehead atoms. The number of nitrogens with zero attached hydrogens (tertiary/aromatic N) is 4. The summed E-state index contributed by atoms with van der Waals surface area (Å²) in [6.45, 7) is 9.66. The van der Waals surface area contributed by atoms with E-state index in [4.69, 9.17) is 21.3 Å². The second kappa shape index (κ2) is 14.1. The van der Waals surface area contributed by atoms with Gasteiger partial charge < -0.3 is 19.9 Å². The molecule has 0 spiro atoms. The first-order chi connectivity index (χ1) is 24.3. The van der Waals surface area contributed by atoms with E-state index in [9.17, 15) is 19.2 Å². The van der Waals surface area contributed by atoms with Crippen molar-refractivity contribution in [2.75, 3.05) is 25.5 Å². The van der Waals surface area contributed by atoms with Crippen molar-refractivity contribution in [2.45, 2.75) is 65.0 Å². The molecule has 3 atom stereocenters. The van der Waals surface area contributed by atoms with Gasteiger partial charge in [-0.1, -0.05) is 55.8 Å². The molecule has 2 N–H and O–H groups in total. The van der Waals surface area contributed by atoms with Gasteiger partial charge in [-0.15, -0.1) is 0 Å². The zero-order chi connectivity index (χ0) is 36.8. The Balaban J connectivity index is 1.28. The Morgan fingerprint density at radius 3 is 2.55 bits per heavy atom. The summed E-state index contributed by atoms with van der Waals surface area (Å²) in [4.78, 5) is 58.2. The molecule has 1 aliphatic carbocycles. The third-order valence-electron chi connectivity index (χ3n) is 10.6. The fraction of sp³-hybridized carbons (Fsp3) is 0.410. The number of hydrogen-bond acceptors (Lipinski definition) is 7. The number of methoxy groups -OCH3 is 1. The second-order valence-electron chi connectivity index (χ2n) is 14.1. The fourth-order valence-corrected chi connectivity index (χ4v) is 7.69. The van der Waals surface area contributed by atoms with E-state index >= 15 is 0 Å². The van der Waals surface area contributed by atoms with Gasteiger partial charge >= 0.3 is 5.69 Å². The van der Waals surface area contributed by atoms with E-state index in [0.29, 0.717) is 22.3 Å². The van der Waals surface area contributed by atoms with Gasteiger partial charge in [0.1, 0.15) is 5.56 Å². The standard InChI is InChI=1S/C39H45ClN6O5/c1-8-22(2)34(47)43-39(4)17-18-46(21-39)31-16-15-24-19-30(42-36(51-7)32(24)31)27-13-9-12-26(33(27)40)25-11-10-14-29(23(25)3)41-35(48)28-20-44(5)38(50)45(6)37(28)49/h9-14,19-20,22,31H,8,15-18,21H2,1-7H3,(H,41,48)(H,43,47). The summed E-state index contributed by atoms with van der Waals surface area (Å²) in [6.07, 6.45) is 4.74. The van der Waals surface area contributed by atoms with Crippen LogP contribution in [0.4, 0.5) is 5.69 Å². The highest BCUT2D eigenvalue weighted by Crippen LogP contribution is 2.46. The summed E-state index contributed by atoms with van der Waals surface area (Å²) in [5.41, 5.74) is 4.94. The van der Waals surface area contributed by atoms with Gasteiger partial charge in [0.15, 0.2) is 0 Å². The number of nitrogens with one attached hydrogen (secondary N) is 2. The molecule has 12 heteroatoms. The smallest absolute Gasteiger partial charge is 0.330 e. The van der Waals surface area contributed by atoms with E-state index in [1.54, 1.807) is 13.2 Å². The molecule has 2 aliphatic rings. The third kappa shape index (κ3) is 6.72. The fourth-order valence-electron chi connectivity index (χ4n) is 7.37. The Kier molecular flexibility index (Phi) is 9.98. The van der Waals surface area contributed by atoms with E-state index in [1.165, 1.54) is 30.4 Å². The van der Waals surface area contributed by atoms with Crippen LogP contribution >= 0.6 is 11.6 Å². The van der Waals surface area contributed by atoms with Crippen LogP contribution in [0.1, 0.15) is 73.1 Å². The van der Waals surface area contributed by atoms with Gasteiger partial charge in [0.05, 0.1) is 23.4 Å². The summed E-state index contributed by atoms with van der Waals surface area (Å²) in [7, 11) is 4.48. The number of benzene rings is 2. The number of amides is 2. The lowest BCUT2D eigenvalue weighted by atomic mass is 9.96. The number of rotatable bonds is 9. The molecule has 2 amide bonds. The Morgan fingerprint density at radius 2 is 1.82 bits per heavy atom. The first-order valence-electron chi connectivity index (χ1n) is 17.4. The quantitative estimate of drug-likeness (QED) is 0.230. The molecule has 0 radical (unpaired) electrons. The van der Waals surface area contributed by atoms with Gasteiger partial charge in [-0.2, -0.15) is 0 Å². The summed E-state index contributed by atoms with van der Waals surface area (Å²) >= 11 is 7.17. The summed E-state index contributed by atoms with van der Waals surface area (Å²) < 4.78 is 8.04. The number of aryl methyl sites for hydroxylation is 2. The van der Waals surface area contributed by atoms with Crippen LogP contribution in [-0.2, 0) is 25.3 Å². The van der Waals surface area contributed by atoms with Crippen molar-refractivity contribution in [3.05, 3.63) is 96.8 Å². The van der Waals surface area contributed by atoms with Crippen molar-refractivity contribution < 1.29 is 14.3 Å². The Bertz CT molecular complexity index is 2160. The molecule has 2 aromatic heterocycles. The highest BCUT2D eigenvalue weighted by atomic mass is 35.5. The largest absolute Gasteiger partial charge is 0.481 e. The normalized spacial score (nSPS) is 19.1. The van der Waals surface area contributed by atoms with E-state index < -0.39 is 17.2 Å². The maximum atomic E-state index is 13.2. The third-order valence-corrected chi connectivity index (χ3v) is 11.0. The highest BCUT2D eigenvalue weighted by Gasteiger charge is 2.42. The molecule has 1 saturated heterocycles. The minimum atomic E-state index is -0.673. The average Bonchev–Trinajstić information content (AvgIpc) is 3.72. The van der Waals surface area contributed by atoms with Crippen LogP contribution < -0.4 is 26.6 Å². The maximum absolute atomic E-state index is 13.2. The molecule has 11 nitrogen and oxygen atoms in total. The van der Waals surface area contributed by atoms with Gasteiger partial charge in [-0.3, -0.25) is 23.9 Å². The molecule has 268 valence electrons. The first kappa shape index (κ1) is 36.1. The van der Waals surface area contributed by atoms with Crippen LogP contribution in [0.5, 0.6) is 5.88 Å². The van der Waals surface area contributed by atoms with Gasteiger partial charge in [0, 0.05) is 67.7 Å². The average molecular weight is 713 g/mol. The number of carbonyl (C=O) groups excluding carboxylic acids is 2. The van der Waals surface area contributed by atoms with Crippen molar-refractivity contribution >= 4 is 29.1 Å². The highest BCUT2D eigenvalue weighted by molar-refractivity contribution is 6.36. The second-order valence-corrected chi connectivity index (χ2v) is 14.5. The predicted octanol–water partition coefficient (Wildman–Crippen LogP) is 5.65. The minimum Gasteiger partial charge on any atom is -0.481 e. The lowest BCUT2D eigenvalue weighted by Gasteiger charge is -2.30. The zero-order valence-electron chi connectivity index (χ0n) is 30.2. The number of ether oxygens (including phenoxy) is 1. The number of aromatic nitrogens is 3. The van der Waals surface area contributed by atoms with Crippen LogP contribution in [0.2, 0.25) is 5.02 Å². The molecule has 1 aliphatic heterocycles. The SMILES string of the molecule is CCC(C)C(=O)NC1(C)CCN(C2CCc3cc(-c4cccc(-c5cccc(NC(=O)c6cn(C)c(=O)n(C)c6=O)c5C)c4Cl)nc(OC)c32)C1. The Labute approximate surface area is 302 Å². The van der Waals surface area contributed by atoms with Gasteiger partial charge in [-0.25, -0.2) is 9.78 Å². The van der Waals surface area contributed by atoms with E-state index in [2.05, 4.69) is 28.5 Å². The molecular weight excluding hydrogens is 668 g/mol. The van der Waals surface area contributed by atoms with Crippen molar-refractivity contribution in [2.24, 2.45) is 20.0 Å². The van der Waals surface area contributed by atoms with Crippen LogP contribution in [0, 0.1) is 12.8 Å². The zero-order valence-corrected chi connectivity index (χ0v) is 31.0. The molecule has 2 aromatic carbocycles. The molecule has 0 saturated carbocycles. The van der Waals surface area contributed by atoms with Crippen molar-refractivity contribution in [1.29, 1.82) is 0 Å². The molecule has 3 heterocycles. The lowest BCUT2D eigenvalue weighted by molar-refractivity contribution is -0.126. The molecular formula is C39H45ClN6O5. The van der Waals surface area contributed by atoms with E-state index in [-0.39, 0.29) is 29.0 Å². The van der Waals surface area contributed by atoms with Gasteiger partial charge in [-0.05, 0) is 68.4 Å². The number of likely N-dealkylation sites (tertiary alicyclic amines) is 1. The maximum Gasteiger partial charge on any atom is 0.330 e. The molecule has 51 heavy (non-hydrogen) atoms. The molecule has 1 fully saturated rings. The van der Waals surface area contributed by atoms with Crippen molar-refractivity contribution in [3.63, 3.8) is 0 Å². The van der Waals surface area contributed by atoms with E-state index in [0.717, 1.165) is 71.2 Å². The monoisotopic (exact) mass is 712 g/mol. The number of halogens is 1. The predicted molar refractivity (Wildman–Crippen MR) is 200 cm³/mol. The number of pyridine rings is 1. The topological polar surface area (TPSA) is 128 Å². The Hall–Kier alpha value is -4.74. The number of anilines is 1. The summed E-state index contributed by atoms with van der Waals surface area (Å²) in [5, 5.41) is 6.66. The minimum absolute atomic E-state index is 0.0139. The van der Waals surface area contributed by atoms with Crippen LogP contribution in [0.25, 0.3) is 22.4 Å². The first-order valence-corrected chi connectivity index (χ1v) is 17.8.